The van der Waals surface area contributed by atoms with Gasteiger partial charge in [-0.15, -0.1) is 0 Å². The molecule has 0 aliphatic carbocycles. The highest BCUT2D eigenvalue weighted by Gasteiger charge is 2.26. The number of hydrogen-bond donors (Lipinski definition) is 2. The molecule has 1 fully saturated rings. The molecule has 0 spiro atoms. The van der Waals surface area contributed by atoms with Gasteiger partial charge in [-0.2, -0.15) is 4.98 Å². The van der Waals surface area contributed by atoms with Crippen LogP contribution < -0.4 is 15.2 Å². The zero-order valence-electron chi connectivity index (χ0n) is 22.2. The largest absolute Gasteiger partial charge is 0.479 e. The smallest absolute Gasteiger partial charge is 0.344 e. The van der Waals surface area contributed by atoms with Gasteiger partial charge in [0.15, 0.2) is 17.7 Å². The molecule has 2 heterocycles. The van der Waals surface area contributed by atoms with Crippen LogP contribution in [0, 0.1) is 17.6 Å². The summed E-state index contributed by atoms with van der Waals surface area (Å²) in [7, 11) is 0. The number of halogens is 2. The predicted octanol–water partition coefficient (Wildman–Crippen LogP) is 4.63. The van der Waals surface area contributed by atoms with E-state index in [2.05, 4.69) is 4.98 Å². The van der Waals surface area contributed by atoms with Crippen molar-refractivity contribution in [1.82, 2.24) is 9.88 Å². The second-order valence-electron chi connectivity index (χ2n) is 9.79. The summed E-state index contributed by atoms with van der Waals surface area (Å²) in [5.41, 5.74) is 8.31. The van der Waals surface area contributed by atoms with Crippen molar-refractivity contribution in [2.75, 3.05) is 26.3 Å². The van der Waals surface area contributed by atoms with Crippen LogP contribution in [0.15, 0.2) is 48.5 Å². The van der Waals surface area contributed by atoms with Crippen molar-refractivity contribution in [3.63, 3.8) is 0 Å². The number of morpholine rings is 1. The van der Waals surface area contributed by atoms with Crippen LogP contribution in [0.1, 0.15) is 36.2 Å². The molecule has 1 atom stereocenters. The zero-order valence-corrected chi connectivity index (χ0v) is 22.2. The van der Waals surface area contributed by atoms with Gasteiger partial charge in [0, 0.05) is 31.3 Å². The number of aliphatic carboxylic acids is 1. The molecule has 11 heteroatoms. The van der Waals surface area contributed by atoms with Gasteiger partial charge in [-0.05, 0) is 53.3 Å². The maximum Gasteiger partial charge on any atom is 0.344 e. The van der Waals surface area contributed by atoms with Crippen LogP contribution in [0.4, 0.5) is 8.78 Å². The van der Waals surface area contributed by atoms with E-state index in [-0.39, 0.29) is 29.6 Å². The number of pyridine rings is 1. The summed E-state index contributed by atoms with van der Waals surface area (Å²) in [5.74, 6) is -5.22. The average molecular weight is 556 g/mol. The van der Waals surface area contributed by atoms with Crippen molar-refractivity contribution in [3.05, 3.63) is 71.3 Å². The second kappa shape index (κ2) is 12.8. The van der Waals surface area contributed by atoms with Crippen LogP contribution in [0.2, 0.25) is 0 Å². The second-order valence-corrected chi connectivity index (χ2v) is 9.79. The molecule has 4 rings (SSSR count). The maximum atomic E-state index is 14.8. The van der Waals surface area contributed by atoms with Gasteiger partial charge in [0.25, 0.3) is 17.7 Å². The third-order valence-electron chi connectivity index (χ3n) is 6.24. The molecule has 0 radical (unpaired) electrons. The van der Waals surface area contributed by atoms with E-state index in [1.165, 1.54) is 6.07 Å². The SMILES string of the molecule is CC(C)CC(Oc1nc(Oc2cc(C(=O)N3CCOCC3)cc(-c3cccc(CN)c3)c2)c(F)cc1F)C(=O)O. The van der Waals surface area contributed by atoms with Crippen LogP contribution in [-0.4, -0.2) is 59.3 Å². The van der Waals surface area contributed by atoms with Gasteiger partial charge in [-0.25, -0.2) is 13.6 Å². The van der Waals surface area contributed by atoms with Gasteiger partial charge in [0.2, 0.25) is 0 Å². The minimum Gasteiger partial charge on any atom is -0.479 e. The van der Waals surface area contributed by atoms with Gasteiger partial charge in [0.1, 0.15) is 5.75 Å². The highest BCUT2D eigenvalue weighted by molar-refractivity contribution is 5.96. The van der Waals surface area contributed by atoms with Crippen molar-refractivity contribution in [1.29, 1.82) is 0 Å². The molecule has 1 aliphatic heterocycles. The molecule has 0 saturated carbocycles. The van der Waals surface area contributed by atoms with E-state index in [4.69, 9.17) is 19.9 Å². The number of amides is 1. The molecule has 1 amide bonds. The van der Waals surface area contributed by atoms with Crippen molar-refractivity contribution >= 4 is 11.9 Å². The number of rotatable bonds is 10. The Hall–Kier alpha value is -4.09. The Morgan fingerprint density at radius 2 is 1.77 bits per heavy atom. The topological polar surface area (TPSA) is 124 Å². The van der Waals surface area contributed by atoms with Gasteiger partial charge in [-0.3, -0.25) is 4.79 Å². The van der Waals surface area contributed by atoms with E-state index in [1.54, 1.807) is 30.9 Å². The Labute approximate surface area is 230 Å². The summed E-state index contributed by atoms with van der Waals surface area (Å²) in [4.78, 5) is 30.4. The van der Waals surface area contributed by atoms with Crippen LogP contribution >= 0.6 is 0 Å². The zero-order chi connectivity index (χ0) is 28.8. The third-order valence-corrected chi connectivity index (χ3v) is 6.24. The summed E-state index contributed by atoms with van der Waals surface area (Å²) >= 11 is 0. The lowest BCUT2D eigenvalue weighted by Gasteiger charge is -2.27. The fourth-order valence-corrected chi connectivity index (χ4v) is 4.24. The van der Waals surface area contributed by atoms with Crippen molar-refractivity contribution in [3.8, 4) is 28.6 Å². The van der Waals surface area contributed by atoms with Crippen molar-refractivity contribution < 1.29 is 37.7 Å². The van der Waals surface area contributed by atoms with Gasteiger partial charge >= 0.3 is 5.97 Å². The number of aromatic nitrogens is 1. The number of benzene rings is 2. The normalized spacial score (nSPS) is 14.2. The fourth-order valence-electron chi connectivity index (χ4n) is 4.24. The Balaban J connectivity index is 1.72. The minimum absolute atomic E-state index is 0.0631. The van der Waals surface area contributed by atoms with Crippen molar-refractivity contribution in [2.45, 2.75) is 32.9 Å². The number of nitrogens with two attached hydrogens (primary N) is 1. The number of carboxylic acids is 1. The lowest BCUT2D eigenvalue weighted by atomic mass is 10.00. The Bertz CT molecular complexity index is 1380. The summed E-state index contributed by atoms with van der Waals surface area (Å²) < 4.78 is 45.7. The van der Waals surface area contributed by atoms with E-state index in [0.29, 0.717) is 44.5 Å². The molecule has 1 aliphatic rings. The van der Waals surface area contributed by atoms with Gasteiger partial charge in [-0.1, -0.05) is 32.0 Å². The van der Waals surface area contributed by atoms with E-state index >= 15 is 0 Å². The maximum absolute atomic E-state index is 14.8. The number of carbonyl (C=O) groups is 2. The summed E-state index contributed by atoms with van der Waals surface area (Å²) in [6, 6.07) is 12.7. The predicted molar refractivity (Wildman–Crippen MR) is 142 cm³/mol. The van der Waals surface area contributed by atoms with E-state index in [9.17, 15) is 23.5 Å². The molecule has 1 unspecified atom stereocenters. The number of ether oxygens (including phenoxy) is 3. The Kier molecular flexibility index (Phi) is 9.28. The number of nitrogens with zero attached hydrogens (tertiary/aromatic N) is 2. The minimum atomic E-state index is -1.39. The number of carboxylic acid groups (broad SMARTS) is 1. The molecule has 3 aromatic rings. The molecule has 1 saturated heterocycles. The van der Waals surface area contributed by atoms with Crippen LogP contribution in [0.5, 0.6) is 17.5 Å². The van der Waals surface area contributed by atoms with Crippen molar-refractivity contribution in [2.24, 2.45) is 11.7 Å². The standard InChI is InChI=1S/C29H31F2N3O6/c1-17(2)10-25(29(36)37)40-27-24(31)15-23(30)26(33-27)39-22-13-20(19-5-3-4-18(11-19)16-32)12-21(14-22)28(35)34-6-8-38-9-7-34/h3-5,11-15,17,25H,6-10,16,32H2,1-2H3,(H,36,37). The highest BCUT2D eigenvalue weighted by Crippen LogP contribution is 2.33. The quantitative estimate of drug-likeness (QED) is 0.371. The Morgan fingerprint density at radius 3 is 2.45 bits per heavy atom. The third kappa shape index (κ3) is 7.10. The first-order valence-electron chi connectivity index (χ1n) is 12.9. The van der Waals surface area contributed by atoms with Crippen LogP contribution in [0.25, 0.3) is 11.1 Å². The van der Waals surface area contributed by atoms with E-state index < -0.39 is 35.5 Å². The lowest BCUT2D eigenvalue weighted by Crippen LogP contribution is -2.40. The van der Waals surface area contributed by atoms with Crippen LogP contribution in [-0.2, 0) is 16.1 Å². The summed E-state index contributed by atoms with van der Waals surface area (Å²) in [6.07, 6.45) is -1.31. The molecular weight excluding hydrogens is 524 g/mol. The van der Waals surface area contributed by atoms with Gasteiger partial charge in [0.05, 0.1) is 13.2 Å². The highest BCUT2D eigenvalue weighted by atomic mass is 19.1. The first kappa shape index (κ1) is 28.9. The molecule has 9 nitrogen and oxygen atoms in total. The van der Waals surface area contributed by atoms with E-state index in [0.717, 1.165) is 11.1 Å². The first-order chi connectivity index (χ1) is 19.1. The van der Waals surface area contributed by atoms with E-state index in [1.807, 2.05) is 24.3 Å². The average Bonchev–Trinajstić information content (AvgIpc) is 2.94. The monoisotopic (exact) mass is 555 g/mol. The molecule has 2 aromatic carbocycles. The molecular formula is C29H31F2N3O6. The molecule has 212 valence electrons. The molecule has 0 bridgehead atoms. The van der Waals surface area contributed by atoms with Crippen LogP contribution in [0.3, 0.4) is 0 Å². The molecule has 3 N–H and O–H groups in total. The fraction of sp³-hybridized carbons (Fsp3) is 0.345. The molecule has 40 heavy (non-hydrogen) atoms. The Morgan fingerprint density at radius 1 is 1.05 bits per heavy atom. The molecule has 1 aromatic heterocycles. The summed E-state index contributed by atoms with van der Waals surface area (Å²) in [5, 5.41) is 9.47. The number of hydrogen-bond acceptors (Lipinski definition) is 7. The first-order valence-corrected chi connectivity index (χ1v) is 12.9. The number of carbonyl (C=O) groups excluding carboxylic acids is 1. The summed E-state index contributed by atoms with van der Waals surface area (Å²) in [6.45, 7) is 5.54. The van der Waals surface area contributed by atoms with Gasteiger partial charge < -0.3 is 30.0 Å². The lowest BCUT2D eigenvalue weighted by molar-refractivity contribution is -0.146.